The highest BCUT2D eigenvalue weighted by molar-refractivity contribution is 5.96. The number of hydrogen-bond donors (Lipinski definition) is 3. The standard InChI is InChI=1S/C20H23N3O6/c1-22-19(25)13-6-4-12(5-7-13)10-23-20(26)14-8-15(27-2)18(16(9-14)28-3)29-11-17(21)24/h4-9H,10-11H2,1-3H3,(H2,21,24)(H,22,25)(H,23,26). The summed E-state index contributed by atoms with van der Waals surface area (Å²) in [5, 5.41) is 5.33. The molecule has 9 nitrogen and oxygen atoms in total. The van der Waals surface area contributed by atoms with E-state index in [0.717, 1.165) is 5.56 Å². The highest BCUT2D eigenvalue weighted by Gasteiger charge is 2.18. The van der Waals surface area contributed by atoms with E-state index in [1.54, 1.807) is 31.3 Å². The van der Waals surface area contributed by atoms with Crippen LogP contribution < -0.4 is 30.6 Å². The molecule has 0 unspecified atom stereocenters. The SMILES string of the molecule is CNC(=O)c1ccc(CNC(=O)c2cc(OC)c(OCC(N)=O)c(OC)c2)cc1. The fourth-order valence-electron chi connectivity index (χ4n) is 2.50. The lowest BCUT2D eigenvalue weighted by molar-refractivity contribution is -0.120. The predicted molar refractivity (Wildman–Crippen MR) is 105 cm³/mol. The fraction of sp³-hybridized carbons (Fsp3) is 0.250. The van der Waals surface area contributed by atoms with E-state index >= 15 is 0 Å². The molecule has 0 aliphatic heterocycles. The monoisotopic (exact) mass is 401 g/mol. The van der Waals surface area contributed by atoms with Crippen LogP contribution >= 0.6 is 0 Å². The van der Waals surface area contributed by atoms with Gasteiger partial charge in [-0.05, 0) is 29.8 Å². The quantitative estimate of drug-likeness (QED) is 0.572. The van der Waals surface area contributed by atoms with Gasteiger partial charge in [-0.2, -0.15) is 0 Å². The molecule has 0 saturated heterocycles. The number of ether oxygens (including phenoxy) is 3. The minimum Gasteiger partial charge on any atom is -0.493 e. The van der Waals surface area contributed by atoms with Crippen LogP contribution in [0.25, 0.3) is 0 Å². The maximum Gasteiger partial charge on any atom is 0.255 e. The topological polar surface area (TPSA) is 129 Å². The molecule has 4 N–H and O–H groups in total. The Morgan fingerprint density at radius 2 is 1.52 bits per heavy atom. The summed E-state index contributed by atoms with van der Waals surface area (Å²) >= 11 is 0. The normalized spacial score (nSPS) is 10.0. The Bertz CT molecular complexity index is 871. The van der Waals surface area contributed by atoms with E-state index in [1.807, 2.05) is 0 Å². The molecule has 0 fully saturated rings. The molecular weight excluding hydrogens is 378 g/mol. The molecule has 0 aromatic heterocycles. The number of benzene rings is 2. The molecule has 2 aromatic rings. The number of carbonyl (C=O) groups excluding carboxylic acids is 3. The third kappa shape index (κ3) is 5.61. The Labute approximate surface area is 168 Å². The molecular formula is C20H23N3O6. The van der Waals surface area contributed by atoms with Crippen molar-refractivity contribution in [1.82, 2.24) is 10.6 Å². The highest BCUT2D eigenvalue weighted by atomic mass is 16.5. The number of carbonyl (C=O) groups is 3. The summed E-state index contributed by atoms with van der Waals surface area (Å²) in [5.74, 6) is -0.568. The Morgan fingerprint density at radius 1 is 0.931 bits per heavy atom. The second-order valence-corrected chi connectivity index (χ2v) is 5.92. The summed E-state index contributed by atoms with van der Waals surface area (Å²) < 4.78 is 15.8. The maximum atomic E-state index is 12.6. The third-order valence-electron chi connectivity index (χ3n) is 3.98. The van der Waals surface area contributed by atoms with Crippen molar-refractivity contribution in [2.24, 2.45) is 5.73 Å². The van der Waals surface area contributed by atoms with Gasteiger partial charge in [0.2, 0.25) is 5.75 Å². The van der Waals surface area contributed by atoms with Crippen molar-refractivity contribution in [1.29, 1.82) is 0 Å². The molecule has 0 spiro atoms. The minimum atomic E-state index is -0.654. The smallest absolute Gasteiger partial charge is 0.255 e. The minimum absolute atomic E-state index is 0.176. The van der Waals surface area contributed by atoms with E-state index in [9.17, 15) is 14.4 Å². The molecule has 2 rings (SSSR count). The average Bonchev–Trinajstić information content (AvgIpc) is 2.74. The average molecular weight is 401 g/mol. The molecule has 2 aromatic carbocycles. The van der Waals surface area contributed by atoms with E-state index < -0.39 is 5.91 Å². The Hall–Kier alpha value is -3.75. The number of nitrogens with one attached hydrogen (secondary N) is 2. The van der Waals surface area contributed by atoms with Gasteiger partial charge in [0.25, 0.3) is 17.7 Å². The van der Waals surface area contributed by atoms with Crippen LogP contribution in [0.15, 0.2) is 36.4 Å². The molecule has 29 heavy (non-hydrogen) atoms. The zero-order chi connectivity index (χ0) is 21.4. The molecule has 9 heteroatoms. The maximum absolute atomic E-state index is 12.6. The first kappa shape index (κ1) is 21.5. The number of methoxy groups -OCH3 is 2. The summed E-state index contributed by atoms with van der Waals surface area (Å²) in [6.45, 7) is -0.0955. The van der Waals surface area contributed by atoms with Crippen molar-refractivity contribution < 1.29 is 28.6 Å². The van der Waals surface area contributed by atoms with Gasteiger partial charge in [0.1, 0.15) is 0 Å². The van der Waals surface area contributed by atoms with Crippen molar-refractivity contribution >= 4 is 17.7 Å². The largest absolute Gasteiger partial charge is 0.493 e. The Kier molecular flexibility index (Phi) is 7.41. The zero-order valence-electron chi connectivity index (χ0n) is 16.4. The lowest BCUT2D eigenvalue weighted by Crippen LogP contribution is -2.23. The van der Waals surface area contributed by atoms with Crippen LogP contribution in [0.4, 0.5) is 0 Å². The highest BCUT2D eigenvalue weighted by Crippen LogP contribution is 2.38. The van der Waals surface area contributed by atoms with E-state index in [2.05, 4.69) is 10.6 Å². The summed E-state index contributed by atoms with van der Waals surface area (Å²) in [6.07, 6.45) is 0. The number of rotatable bonds is 9. The first-order chi connectivity index (χ1) is 13.9. The van der Waals surface area contributed by atoms with Crippen LogP contribution in [0.3, 0.4) is 0 Å². The van der Waals surface area contributed by atoms with Gasteiger partial charge in [0.15, 0.2) is 18.1 Å². The molecule has 0 radical (unpaired) electrons. The van der Waals surface area contributed by atoms with Gasteiger partial charge in [-0.25, -0.2) is 0 Å². The molecule has 3 amide bonds. The number of amides is 3. The van der Waals surface area contributed by atoms with Crippen molar-refractivity contribution in [3.8, 4) is 17.2 Å². The number of hydrogen-bond acceptors (Lipinski definition) is 6. The summed E-state index contributed by atoms with van der Waals surface area (Å²) in [6, 6.07) is 9.82. The molecule has 0 heterocycles. The Balaban J connectivity index is 2.13. The molecule has 0 saturated carbocycles. The summed E-state index contributed by atoms with van der Waals surface area (Å²) in [4.78, 5) is 35.1. The number of nitrogens with two attached hydrogens (primary N) is 1. The van der Waals surface area contributed by atoms with Gasteiger partial charge in [-0.15, -0.1) is 0 Å². The van der Waals surface area contributed by atoms with Crippen LogP contribution in [0.5, 0.6) is 17.2 Å². The first-order valence-electron chi connectivity index (χ1n) is 8.66. The molecule has 154 valence electrons. The molecule has 0 aliphatic carbocycles. The van der Waals surface area contributed by atoms with Crippen LogP contribution in [0, 0.1) is 0 Å². The van der Waals surface area contributed by atoms with Crippen molar-refractivity contribution in [2.75, 3.05) is 27.9 Å². The van der Waals surface area contributed by atoms with Crippen molar-refractivity contribution in [3.63, 3.8) is 0 Å². The fourth-order valence-corrected chi connectivity index (χ4v) is 2.50. The molecule has 0 bridgehead atoms. The van der Waals surface area contributed by atoms with Crippen molar-refractivity contribution in [2.45, 2.75) is 6.54 Å². The molecule has 0 atom stereocenters. The van der Waals surface area contributed by atoms with Gasteiger partial charge >= 0.3 is 0 Å². The van der Waals surface area contributed by atoms with Gasteiger partial charge in [-0.3, -0.25) is 14.4 Å². The lowest BCUT2D eigenvalue weighted by atomic mass is 10.1. The van der Waals surface area contributed by atoms with Crippen LogP contribution in [0.1, 0.15) is 26.3 Å². The van der Waals surface area contributed by atoms with Gasteiger partial charge in [0, 0.05) is 24.7 Å². The van der Waals surface area contributed by atoms with E-state index in [-0.39, 0.29) is 47.8 Å². The summed E-state index contributed by atoms with van der Waals surface area (Å²) in [5.41, 5.74) is 6.74. The number of primary amides is 1. The lowest BCUT2D eigenvalue weighted by Gasteiger charge is -2.15. The zero-order valence-corrected chi connectivity index (χ0v) is 16.4. The van der Waals surface area contributed by atoms with E-state index in [4.69, 9.17) is 19.9 Å². The summed E-state index contributed by atoms with van der Waals surface area (Å²) in [7, 11) is 4.37. The van der Waals surface area contributed by atoms with Crippen LogP contribution in [-0.2, 0) is 11.3 Å². The predicted octanol–water partition coefficient (Wildman–Crippen LogP) is 0.858. The van der Waals surface area contributed by atoms with Crippen LogP contribution in [0.2, 0.25) is 0 Å². The van der Waals surface area contributed by atoms with Gasteiger partial charge < -0.3 is 30.6 Å². The second-order valence-electron chi connectivity index (χ2n) is 5.92. The first-order valence-corrected chi connectivity index (χ1v) is 8.66. The molecule has 0 aliphatic rings. The van der Waals surface area contributed by atoms with Gasteiger partial charge in [0.05, 0.1) is 14.2 Å². The second kappa shape index (κ2) is 9.98. The van der Waals surface area contributed by atoms with E-state index in [1.165, 1.54) is 26.4 Å². The van der Waals surface area contributed by atoms with E-state index in [0.29, 0.717) is 5.56 Å². The Morgan fingerprint density at radius 3 is 2.00 bits per heavy atom. The van der Waals surface area contributed by atoms with Crippen LogP contribution in [-0.4, -0.2) is 45.6 Å². The third-order valence-corrected chi connectivity index (χ3v) is 3.98. The van der Waals surface area contributed by atoms with Crippen molar-refractivity contribution in [3.05, 3.63) is 53.1 Å². The van der Waals surface area contributed by atoms with Gasteiger partial charge in [-0.1, -0.05) is 12.1 Å².